The molecule has 0 aliphatic heterocycles. The first-order chi connectivity index (χ1) is 14.4. The van der Waals surface area contributed by atoms with Gasteiger partial charge in [0.2, 0.25) is 0 Å². The van der Waals surface area contributed by atoms with E-state index in [0.29, 0.717) is 17.0 Å². The minimum Gasteiger partial charge on any atom is -0.508 e. The lowest BCUT2D eigenvalue weighted by Crippen LogP contribution is -2.06. The molecule has 3 aromatic rings. The van der Waals surface area contributed by atoms with E-state index in [-0.39, 0.29) is 16.5 Å². The van der Waals surface area contributed by atoms with Crippen molar-refractivity contribution in [3.05, 3.63) is 87.4 Å². The fourth-order valence-corrected chi connectivity index (χ4v) is 3.00. The zero-order chi connectivity index (χ0) is 21.5. The van der Waals surface area contributed by atoms with Crippen LogP contribution < -0.4 is 9.47 Å². The normalized spacial score (nSPS) is 11.2. The van der Waals surface area contributed by atoms with Crippen LogP contribution in [-0.4, -0.2) is 24.4 Å². The number of hydrogen-bond acceptors (Lipinski definition) is 5. The number of benzene rings is 3. The van der Waals surface area contributed by atoms with Gasteiger partial charge < -0.3 is 14.6 Å². The standard InChI is InChI=1S/C23H17BrClNO4/c1-29-21-13-16(14-26-18-7-9-19(27)10-8-18)12-20(25)23(21)30-22(28)11-4-15-2-5-17(24)6-3-15/h2-14,27H,1H3/b11-4+,26-14+. The Kier molecular flexibility index (Phi) is 7.27. The molecule has 30 heavy (non-hydrogen) atoms. The summed E-state index contributed by atoms with van der Waals surface area (Å²) in [4.78, 5) is 16.5. The average Bonchev–Trinajstić information content (AvgIpc) is 2.74. The number of carbonyl (C=O) groups excluding carboxylic acids is 1. The summed E-state index contributed by atoms with van der Waals surface area (Å²) in [6.45, 7) is 0. The first-order valence-corrected chi connectivity index (χ1v) is 9.98. The Bertz CT molecular complexity index is 1090. The molecule has 0 radical (unpaired) electrons. The lowest BCUT2D eigenvalue weighted by molar-refractivity contribution is -0.129. The summed E-state index contributed by atoms with van der Waals surface area (Å²) in [5, 5.41) is 9.54. The van der Waals surface area contributed by atoms with Crippen LogP contribution in [0.3, 0.4) is 0 Å². The van der Waals surface area contributed by atoms with E-state index in [2.05, 4.69) is 20.9 Å². The van der Waals surface area contributed by atoms with E-state index in [1.165, 1.54) is 13.2 Å². The van der Waals surface area contributed by atoms with Gasteiger partial charge in [0.15, 0.2) is 11.5 Å². The number of ether oxygens (including phenoxy) is 2. The molecule has 0 unspecified atom stereocenters. The molecule has 0 saturated heterocycles. The fourth-order valence-electron chi connectivity index (χ4n) is 2.47. The quantitative estimate of drug-likeness (QED) is 0.195. The van der Waals surface area contributed by atoms with Crippen LogP contribution in [-0.2, 0) is 4.79 Å². The smallest absolute Gasteiger partial charge is 0.336 e. The van der Waals surface area contributed by atoms with Crippen molar-refractivity contribution in [2.45, 2.75) is 0 Å². The van der Waals surface area contributed by atoms with Crippen molar-refractivity contribution in [2.24, 2.45) is 4.99 Å². The Hall–Kier alpha value is -3.09. The molecule has 0 fully saturated rings. The lowest BCUT2D eigenvalue weighted by Gasteiger charge is -2.11. The summed E-state index contributed by atoms with van der Waals surface area (Å²) in [5.74, 6) is 0.0223. The highest BCUT2D eigenvalue weighted by atomic mass is 79.9. The summed E-state index contributed by atoms with van der Waals surface area (Å²) in [5.41, 5.74) is 2.18. The van der Waals surface area contributed by atoms with Gasteiger partial charge in [0, 0.05) is 16.8 Å². The van der Waals surface area contributed by atoms with Gasteiger partial charge in [-0.15, -0.1) is 0 Å². The van der Waals surface area contributed by atoms with Crippen LogP contribution in [0.2, 0.25) is 5.02 Å². The molecule has 152 valence electrons. The number of phenolic OH excluding ortho intramolecular Hbond substituents is 1. The second-order valence-electron chi connectivity index (χ2n) is 6.11. The number of aliphatic imine (C=N–C) groups is 1. The number of methoxy groups -OCH3 is 1. The van der Waals surface area contributed by atoms with Crippen LogP contribution in [0.25, 0.3) is 6.08 Å². The molecule has 0 spiro atoms. The van der Waals surface area contributed by atoms with Crippen LogP contribution in [0, 0.1) is 0 Å². The molecule has 0 saturated carbocycles. The van der Waals surface area contributed by atoms with Crippen molar-refractivity contribution >= 4 is 51.5 Å². The topological polar surface area (TPSA) is 68.1 Å². The first-order valence-electron chi connectivity index (χ1n) is 8.80. The number of halogens is 2. The minimum absolute atomic E-state index is 0.131. The highest BCUT2D eigenvalue weighted by Gasteiger charge is 2.14. The molecular formula is C23H17BrClNO4. The molecule has 0 aromatic heterocycles. The molecule has 1 N–H and O–H groups in total. The monoisotopic (exact) mass is 485 g/mol. The van der Waals surface area contributed by atoms with E-state index in [9.17, 15) is 9.90 Å². The highest BCUT2D eigenvalue weighted by Crippen LogP contribution is 2.36. The van der Waals surface area contributed by atoms with Crippen LogP contribution in [0.15, 0.2) is 76.2 Å². The Balaban J connectivity index is 1.75. The maximum absolute atomic E-state index is 12.2. The zero-order valence-corrected chi connectivity index (χ0v) is 18.2. The number of phenols is 1. The van der Waals surface area contributed by atoms with Gasteiger partial charge in [-0.2, -0.15) is 0 Å². The van der Waals surface area contributed by atoms with Crippen molar-refractivity contribution in [3.63, 3.8) is 0 Å². The molecule has 0 aliphatic carbocycles. The number of esters is 1. The summed E-state index contributed by atoms with van der Waals surface area (Å²) in [6.07, 6.45) is 4.56. The second kappa shape index (κ2) is 10.1. The second-order valence-corrected chi connectivity index (χ2v) is 7.44. The maximum Gasteiger partial charge on any atom is 0.336 e. The number of nitrogens with zero attached hydrogens (tertiary/aromatic N) is 1. The van der Waals surface area contributed by atoms with E-state index < -0.39 is 5.97 Å². The summed E-state index contributed by atoms with van der Waals surface area (Å²) in [6, 6.07) is 17.2. The molecule has 0 aliphatic rings. The molecule has 5 nitrogen and oxygen atoms in total. The minimum atomic E-state index is -0.580. The van der Waals surface area contributed by atoms with Gasteiger partial charge in [0.25, 0.3) is 0 Å². The summed E-state index contributed by atoms with van der Waals surface area (Å²) < 4.78 is 11.7. The third kappa shape index (κ3) is 5.95. The Morgan fingerprint density at radius 2 is 1.77 bits per heavy atom. The summed E-state index contributed by atoms with van der Waals surface area (Å²) in [7, 11) is 1.46. The van der Waals surface area contributed by atoms with Crippen molar-refractivity contribution in [1.29, 1.82) is 0 Å². The van der Waals surface area contributed by atoms with Gasteiger partial charge in [0.05, 0.1) is 17.8 Å². The van der Waals surface area contributed by atoms with E-state index >= 15 is 0 Å². The van der Waals surface area contributed by atoms with Crippen molar-refractivity contribution in [2.75, 3.05) is 7.11 Å². The molecule has 3 aromatic carbocycles. The van der Waals surface area contributed by atoms with Gasteiger partial charge in [-0.1, -0.05) is 39.7 Å². The predicted molar refractivity (Wildman–Crippen MR) is 122 cm³/mol. The van der Waals surface area contributed by atoms with Crippen molar-refractivity contribution in [1.82, 2.24) is 0 Å². The van der Waals surface area contributed by atoms with Gasteiger partial charge >= 0.3 is 5.97 Å². The highest BCUT2D eigenvalue weighted by molar-refractivity contribution is 9.10. The van der Waals surface area contributed by atoms with Crippen LogP contribution in [0.5, 0.6) is 17.2 Å². The Labute approximate surface area is 187 Å². The van der Waals surface area contributed by atoms with E-state index in [1.54, 1.807) is 48.7 Å². The number of aromatic hydroxyl groups is 1. The number of rotatable bonds is 6. The molecule has 0 amide bonds. The maximum atomic E-state index is 12.2. The molecule has 3 rings (SSSR count). The third-order valence-electron chi connectivity index (χ3n) is 3.95. The van der Waals surface area contributed by atoms with E-state index in [0.717, 1.165) is 10.0 Å². The average molecular weight is 487 g/mol. The SMILES string of the molecule is COc1cc(/C=N/c2ccc(O)cc2)cc(Cl)c1OC(=O)/C=C/c1ccc(Br)cc1. The number of hydrogen-bond donors (Lipinski definition) is 1. The fraction of sp³-hybridized carbons (Fsp3) is 0.0435. The molecule has 0 atom stereocenters. The van der Waals surface area contributed by atoms with Gasteiger partial charge in [-0.05, 0) is 65.7 Å². The Morgan fingerprint density at radius 1 is 1.07 bits per heavy atom. The van der Waals surface area contributed by atoms with Gasteiger partial charge in [-0.25, -0.2) is 4.79 Å². The number of carbonyl (C=O) groups is 1. The predicted octanol–water partition coefficient (Wildman–Crippen LogP) is 6.19. The zero-order valence-electron chi connectivity index (χ0n) is 15.9. The summed E-state index contributed by atoms with van der Waals surface area (Å²) >= 11 is 9.68. The van der Waals surface area contributed by atoms with E-state index in [4.69, 9.17) is 21.1 Å². The van der Waals surface area contributed by atoms with Gasteiger partial charge in [-0.3, -0.25) is 4.99 Å². The largest absolute Gasteiger partial charge is 0.508 e. The molecule has 0 bridgehead atoms. The van der Waals surface area contributed by atoms with Crippen LogP contribution >= 0.6 is 27.5 Å². The molecule has 7 heteroatoms. The van der Waals surface area contributed by atoms with Crippen molar-refractivity contribution in [3.8, 4) is 17.2 Å². The van der Waals surface area contributed by atoms with E-state index in [1.807, 2.05) is 24.3 Å². The Morgan fingerprint density at radius 3 is 2.43 bits per heavy atom. The van der Waals surface area contributed by atoms with Crippen LogP contribution in [0.1, 0.15) is 11.1 Å². The van der Waals surface area contributed by atoms with Gasteiger partial charge in [0.1, 0.15) is 5.75 Å². The third-order valence-corrected chi connectivity index (χ3v) is 4.76. The molecule has 0 heterocycles. The van der Waals surface area contributed by atoms with Crippen molar-refractivity contribution < 1.29 is 19.4 Å². The van der Waals surface area contributed by atoms with Crippen LogP contribution in [0.4, 0.5) is 5.69 Å². The first kappa shape index (κ1) is 21.6. The lowest BCUT2D eigenvalue weighted by atomic mass is 10.2. The molecular weight excluding hydrogens is 470 g/mol.